The van der Waals surface area contributed by atoms with Gasteiger partial charge in [0.1, 0.15) is 6.61 Å². The van der Waals surface area contributed by atoms with E-state index >= 15 is 0 Å². The van der Waals surface area contributed by atoms with E-state index in [1.165, 1.54) is 0 Å². The number of fused-ring (bicyclic) bond motifs is 1. The van der Waals surface area contributed by atoms with Crippen molar-refractivity contribution in [2.75, 3.05) is 13.7 Å². The third-order valence-corrected chi connectivity index (χ3v) is 7.18. The number of aliphatic hydroxyl groups is 1. The van der Waals surface area contributed by atoms with Gasteiger partial charge >= 0.3 is 0 Å². The second kappa shape index (κ2) is 11.7. The van der Waals surface area contributed by atoms with Crippen molar-refractivity contribution >= 4 is 5.91 Å². The summed E-state index contributed by atoms with van der Waals surface area (Å²) in [6, 6.07) is 14.8. The first-order valence-electron chi connectivity index (χ1n) is 12.9. The highest BCUT2D eigenvalue weighted by atomic mass is 16.5. The molecule has 1 saturated carbocycles. The van der Waals surface area contributed by atoms with Gasteiger partial charge in [-0.05, 0) is 42.5 Å². The molecule has 37 heavy (non-hydrogen) atoms. The van der Waals surface area contributed by atoms with E-state index in [9.17, 15) is 9.90 Å². The molecule has 1 aliphatic carbocycles. The number of benzene rings is 2. The van der Waals surface area contributed by atoms with E-state index in [1.54, 1.807) is 30.5 Å². The first kappa shape index (κ1) is 25.2. The molecule has 3 aromatic rings. The highest BCUT2D eigenvalue weighted by molar-refractivity contribution is 5.83. The smallest absolute Gasteiger partial charge is 0.256 e. The Balaban J connectivity index is 1.42. The van der Waals surface area contributed by atoms with Crippen LogP contribution in [-0.2, 0) is 29.1 Å². The number of carbonyl (C=O) groups is 1. The molecule has 0 saturated heterocycles. The van der Waals surface area contributed by atoms with E-state index in [1.807, 2.05) is 42.5 Å². The quantitative estimate of drug-likeness (QED) is 0.472. The van der Waals surface area contributed by atoms with Crippen LogP contribution in [0.3, 0.4) is 0 Å². The lowest BCUT2D eigenvalue weighted by Gasteiger charge is -2.39. The molecule has 2 heterocycles. The summed E-state index contributed by atoms with van der Waals surface area (Å²) in [5.41, 5.74) is 2.71. The summed E-state index contributed by atoms with van der Waals surface area (Å²) in [6.45, 7) is 0.360. The van der Waals surface area contributed by atoms with E-state index in [4.69, 9.17) is 14.2 Å². The van der Waals surface area contributed by atoms with Crippen molar-refractivity contribution in [2.45, 2.75) is 63.5 Å². The predicted molar refractivity (Wildman–Crippen MR) is 137 cm³/mol. The molecule has 2 atom stereocenters. The van der Waals surface area contributed by atoms with Gasteiger partial charge in [0.15, 0.2) is 23.4 Å². The van der Waals surface area contributed by atoms with E-state index in [0.717, 1.165) is 42.4 Å². The molecule has 1 unspecified atom stereocenters. The van der Waals surface area contributed by atoms with Gasteiger partial charge in [0.05, 0.1) is 25.9 Å². The lowest BCUT2D eigenvalue weighted by molar-refractivity contribution is -0.153. The summed E-state index contributed by atoms with van der Waals surface area (Å²) in [4.78, 5) is 24.2. The Kier molecular flexibility index (Phi) is 7.96. The minimum Gasteiger partial charge on any atom is -0.493 e. The summed E-state index contributed by atoms with van der Waals surface area (Å²) in [5.74, 6) is 1.62. The topological polar surface area (TPSA) is 94.0 Å². The van der Waals surface area contributed by atoms with Gasteiger partial charge in [0.25, 0.3) is 5.91 Å². The molecular weight excluding hydrogens is 470 g/mol. The summed E-state index contributed by atoms with van der Waals surface area (Å²) >= 11 is 0. The Labute approximate surface area is 217 Å². The number of rotatable bonds is 9. The molecule has 1 N–H and O–H groups in total. The Bertz CT molecular complexity index is 1180. The molecule has 1 aliphatic heterocycles. The van der Waals surface area contributed by atoms with Gasteiger partial charge in [-0.3, -0.25) is 4.79 Å². The fraction of sp³-hybridized carbons (Fsp3) is 0.414. The van der Waals surface area contributed by atoms with Gasteiger partial charge in [-0.2, -0.15) is 0 Å². The molecule has 1 fully saturated rings. The van der Waals surface area contributed by atoms with Crippen molar-refractivity contribution in [1.29, 1.82) is 0 Å². The van der Waals surface area contributed by atoms with Crippen molar-refractivity contribution in [3.8, 4) is 11.5 Å². The second-order valence-corrected chi connectivity index (χ2v) is 9.53. The van der Waals surface area contributed by atoms with Crippen LogP contribution >= 0.6 is 0 Å². The van der Waals surface area contributed by atoms with Crippen LogP contribution in [-0.4, -0.2) is 51.7 Å². The molecule has 0 bridgehead atoms. The van der Waals surface area contributed by atoms with Crippen LogP contribution in [0.15, 0.2) is 60.9 Å². The number of hydrogen-bond donors (Lipinski definition) is 1. The number of nitrogens with zero attached hydrogens (tertiary/aromatic N) is 3. The van der Waals surface area contributed by atoms with Crippen molar-refractivity contribution in [2.24, 2.45) is 0 Å². The normalized spacial score (nSPS) is 18.3. The number of aromatic nitrogens is 2. The lowest BCUT2D eigenvalue weighted by Crippen LogP contribution is -2.48. The van der Waals surface area contributed by atoms with Crippen LogP contribution in [0.1, 0.15) is 54.3 Å². The van der Waals surface area contributed by atoms with Gasteiger partial charge < -0.3 is 24.2 Å². The highest BCUT2D eigenvalue weighted by Gasteiger charge is 2.37. The molecular formula is C29H33N3O5. The molecule has 194 valence electrons. The van der Waals surface area contributed by atoms with Crippen LogP contribution in [0, 0.1) is 0 Å². The maximum absolute atomic E-state index is 14.0. The molecule has 1 amide bonds. The number of aliphatic hydroxyl groups excluding tert-OH is 1. The van der Waals surface area contributed by atoms with Crippen LogP contribution in [0.5, 0.6) is 11.5 Å². The van der Waals surface area contributed by atoms with E-state index in [2.05, 4.69) is 9.97 Å². The molecule has 0 radical (unpaired) electrons. The van der Waals surface area contributed by atoms with E-state index in [-0.39, 0.29) is 25.2 Å². The Morgan fingerprint density at radius 1 is 1.08 bits per heavy atom. The highest BCUT2D eigenvalue weighted by Crippen LogP contribution is 2.40. The monoisotopic (exact) mass is 503 g/mol. The Morgan fingerprint density at radius 3 is 2.54 bits per heavy atom. The number of ether oxygens (including phenoxy) is 3. The van der Waals surface area contributed by atoms with Crippen molar-refractivity contribution in [3.05, 3.63) is 83.4 Å². The molecule has 2 aromatic carbocycles. The van der Waals surface area contributed by atoms with Gasteiger partial charge in [-0.15, -0.1) is 0 Å². The fourth-order valence-electron chi connectivity index (χ4n) is 5.23. The Morgan fingerprint density at radius 2 is 1.84 bits per heavy atom. The molecule has 8 nitrogen and oxygen atoms in total. The average molecular weight is 504 g/mol. The van der Waals surface area contributed by atoms with E-state index in [0.29, 0.717) is 30.3 Å². The van der Waals surface area contributed by atoms with Crippen molar-refractivity contribution in [1.82, 2.24) is 14.9 Å². The first-order valence-corrected chi connectivity index (χ1v) is 12.9. The maximum Gasteiger partial charge on any atom is 0.256 e. The van der Waals surface area contributed by atoms with Gasteiger partial charge in [0.2, 0.25) is 0 Å². The number of methoxy groups -OCH3 is 1. The molecule has 0 spiro atoms. The third-order valence-electron chi connectivity index (χ3n) is 7.18. The minimum absolute atomic E-state index is 0.0725. The maximum atomic E-state index is 14.0. The standard InChI is InChI=1S/C29H33N3O5/c1-35-25-13-12-21-17-32(22(18-33)16-24(21)28(25)36-19-26-30-14-7-15-31-26)29(34)27(20-8-3-2-4-9-20)37-23-10-5-6-11-23/h2-4,7-9,12-15,22-23,27,33H,5-6,10-11,16-19H2,1H3/t22?,27-/m0/s1. The largest absolute Gasteiger partial charge is 0.493 e. The summed E-state index contributed by atoms with van der Waals surface area (Å²) in [5, 5.41) is 10.4. The lowest BCUT2D eigenvalue weighted by atomic mass is 9.92. The summed E-state index contributed by atoms with van der Waals surface area (Å²) in [6.07, 6.45) is 7.32. The molecule has 8 heteroatoms. The summed E-state index contributed by atoms with van der Waals surface area (Å²) in [7, 11) is 1.60. The number of carbonyl (C=O) groups excluding carboxylic acids is 1. The minimum atomic E-state index is -0.705. The molecule has 1 aromatic heterocycles. The molecule has 2 aliphatic rings. The zero-order valence-corrected chi connectivity index (χ0v) is 21.1. The number of amides is 1. The zero-order chi connectivity index (χ0) is 25.6. The second-order valence-electron chi connectivity index (χ2n) is 9.53. The molecule has 5 rings (SSSR count). The van der Waals surface area contributed by atoms with Crippen LogP contribution in [0.2, 0.25) is 0 Å². The SMILES string of the molecule is COc1ccc2c(c1OCc1ncccn1)CC(CO)N(C(=O)[C@@H](OC1CCCC1)c1ccccc1)C2. The first-order chi connectivity index (χ1) is 18.2. The predicted octanol–water partition coefficient (Wildman–Crippen LogP) is 4.01. The Hall–Kier alpha value is -3.49. The van der Waals surface area contributed by atoms with Crippen LogP contribution in [0.25, 0.3) is 0 Å². The fourth-order valence-corrected chi connectivity index (χ4v) is 5.23. The summed E-state index contributed by atoms with van der Waals surface area (Å²) < 4.78 is 18.1. The zero-order valence-electron chi connectivity index (χ0n) is 21.1. The van der Waals surface area contributed by atoms with E-state index < -0.39 is 12.1 Å². The van der Waals surface area contributed by atoms with Crippen molar-refractivity contribution in [3.63, 3.8) is 0 Å². The van der Waals surface area contributed by atoms with Crippen molar-refractivity contribution < 1.29 is 24.1 Å². The van der Waals surface area contributed by atoms with Gasteiger partial charge in [-0.25, -0.2) is 9.97 Å². The van der Waals surface area contributed by atoms with Crippen LogP contribution in [0.4, 0.5) is 0 Å². The van der Waals surface area contributed by atoms with Gasteiger partial charge in [0, 0.05) is 24.5 Å². The van der Waals surface area contributed by atoms with Gasteiger partial charge in [-0.1, -0.05) is 49.2 Å². The average Bonchev–Trinajstić information content (AvgIpc) is 3.48. The third kappa shape index (κ3) is 5.60. The number of hydrogen-bond acceptors (Lipinski definition) is 7. The van der Waals surface area contributed by atoms with Crippen LogP contribution < -0.4 is 9.47 Å².